The lowest BCUT2D eigenvalue weighted by atomic mass is 9.80. The third-order valence-corrected chi connectivity index (χ3v) is 4.26. The molecule has 1 nitrogen and oxygen atoms in total. The van der Waals surface area contributed by atoms with Crippen molar-refractivity contribution >= 4 is 17.4 Å². The Balaban J connectivity index is 1.86. The van der Waals surface area contributed by atoms with Gasteiger partial charge in [-0.2, -0.15) is 0 Å². The van der Waals surface area contributed by atoms with E-state index in [1.54, 1.807) is 6.07 Å². The van der Waals surface area contributed by atoms with Gasteiger partial charge < -0.3 is 0 Å². The summed E-state index contributed by atoms with van der Waals surface area (Å²) < 4.78 is 13.3. The zero-order chi connectivity index (χ0) is 14.1. The molecule has 2 aromatic rings. The summed E-state index contributed by atoms with van der Waals surface area (Å²) in [7, 11) is 0. The van der Waals surface area contributed by atoms with Crippen LogP contribution in [0.4, 0.5) is 4.39 Å². The highest BCUT2D eigenvalue weighted by Crippen LogP contribution is 2.30. The van der Waals surface area contributed by atoms with Gasteiger partial charge in [-0.05, 0) is 48.6 Å². The van der Waals surface area contributed by atoms with E-state index in [9.17, 15) is 9.18 Å². The monoisotopic (exact) mass is 288 g/mol. The smallest absolute Gasteiger partial charge is 0.166 e. The lowest BCUT2D eigenvalue weighted by Gasteiger charge is -2.23. The minimum atomic E-state index is -0.312. The largest absolute Gasteiger partial charge is 0.294 e. The van der Waals surface area contributed by atoms with Crippen molar-refractivity contribution in [2.75, 3.05) is 0 Å². The third-order valence-electron chi connectivity index (χ3n) is 3.89. The van der Waals surface area contributed by atoms with E-state index >= 15 is 0 Å². The van der Waals surface area contributed by atoms with E-state index in [0.29, 0.717) is 17.0 Å². The van der Waals surface area contributed by atoms with Crippen LogP contribution in [-0.4, -0.2) is 5.78 Å². The molecule has 0 bridgehead atoms. The minimum Gasteiger partial charge on any atom is -0.294 e. The zero-order valence-corrected chi connectivity index (χ0v) is 11.7. The summed E-state index contributed by atoms with van der Waals surface area (Å²) in [5.74, 6) is -0.274. The molecule has 1 atom stereocenters. The van der Waals surface area contributed by atoms with Crippen LogP contribution in [0.15, 0.2) is 42.5 Å². The molecule has 20 heavy (non-hydrogen) atoms. The van der Waals surface area contributed by atoms with Gasteiger partial charge in [0, 0.05) is 16.5 Å². The van der Waals surface area contributed by atoms with Crippen molar-refractivity contribution in [3.63, 3.8) is 0 Å². The molecule has 0 aliphatic heterocycles. The molecule has 102 valence electrons. The van der Waals surface area contributed by atoms with Gasteiger partial charge in [0.2, 0.25) is 0 Å². The molecule has 0 spiro atoms. The molecule has 3 heteroatoms. The molecular weight excluding hydrogens is 275 g/mol. The van der Waals surface area contributed by atoms with Crippen molar-refractivity contribution in [1.82, 2.24) is 0 Å². The van der Waals surface area contributed by atoms with Crippen LogP contribution in [0.2, 0.25) is 5.02 Å². The maximum absolute atomic E-state index is 13.3. The molecule has 0 amide bonds. The van der Waals surface area contributed by atoms with E-state index in [-0.39, 0.29) is 17.5 Å². The van der Waals surface area contributed by atoms with E-state index < -0.39 is 0 Å². The number of hydrogen-bond donors (Lipinski definition) is 0. The average molecular weight is 289 g/mol. The zero-order valence-electron chi connectivity index (χ0n) is 10.9. The number of carbonyl (C=O) groups excluding carboxylic acids is 1. The number of Topliss-reactive ketones (excluding diaryl/α,β-unsaturated/α-hetero) is 1. The number of benzene rings is 2. The van der Waals surface area contributed by atoms with Gasteiger partial charge in [0.05, 0.1) is 0 Å². The number of ketones is 1. The van der Waals surface area contributed by atoms with E-state index in [2.05, 4.69) is 0 Å². The van der Waals surface area contributed by atoms with Crippen LogP contribution >= 0.6 is 11.6 Å². The highest BCUT2D eigenvalue weighted by atomic mass is 35.5. The van der Waals surface area contributed by atoms with Gasteiger partial charge >= 0.3 is 0 Å². The molecule has 3 rings (SSSR count). The van der Waals surface area contributed by atoms with Crippen LogP contribution in [0.25, 0.3) is 0 Å². The lowest BCUT2D eigenvalue weighted by Crippen LogP contribution is -2.24. The molecule has 0 N–H and O–H groups in total. The maximum Gasteiger partial charge on any atom is 0.166 e. The fraction of sp³-hybridized carbons (Fsp3) is 0.235. The fourth-order valence-electron chi connectivity index (χ4n) is 2.82. The quantitative estimate of drug-likeness (QED) is 0.797. The SMILES string of the molecule is O=C1c2ccccc2CCC1Cc1cc(F)ccc1Cl. The number of hydrogen-bond acceptors (Lipinski definition) is 1. The van der Waals surface area contributed by atoms with Gasteiger partial charge in [0.15, 0.2) is 5.78 Å². The van der Waals surface area contributed by atoms with Crippen LogP contribution in [0.5, 0.6) is 0 Å². The first-order valence-corrected chi connectivity index (χ1v) is 7.09. The number of rotatable bonds is 2. The summed E-state index contributed by atoms with van der Waals surface area (Å²) in [6.45, 7) is 0. The van der Waals surface area contributed by atoms with Crippen LogP contribution in [-0.2, 0) is 12.8 Å². The van der Waals surface area contributed by atoms with Gasteiger partial charge in [-0.3, -0.25) is 4.79 Å². The van der Waals surface area contributed by atoms with Crippen LogP contribution in [0.1, 0.15) is 27.9 Å². The molecule has 2 aromatic carbocycles. The van der Waals surface area contributed by atoms with E-state index in [0.717, 1.165) is 24.0 Å². The number of fused-ring (bicyclic) bond motifs is 1. The van der Waals surface area contributed by atoms with Crippen LogP contribution in [0, 0.1) is 11.7 Å². The molecule has 0 saturated heterocycles. The molecule has 1 aliphatic rings. The Morgan fingerprint density at radius 2 is 2.00 bits per heavy atom. The van der Waals surface area contributed by atoms with Crippen molar-refractivity contribution in [2.45, 2.75) is 19.3 Å². The molecule has 0 aromatic heterocycles. The second-order valence-electron chi connectivity index (χ2n) is 5.20. The summed E-state index contributed by atoms with van der Waals surface area (Å²) in [5.41, 5.74) is 2.62. The van der Waals surface area contributed by atoms with Crippen molar-refractivity contribution in [3.05, 3.63) is 70.0 Å². The fourth-order valence-corrected chi connectivity index (χ4v) is 3.01. The second kappa shape index (κ2) is 5.37. The van der Waals surface area contributed by atoms with Gasteiger partial charge in [0.25, 0.3) is 0 Å². The highest BCUT2D eigenvalue weighted by molar-refractivity contribution is 6.31. The molecule has 1 unspecified atom stereocenters. The number of halogens is 2. The first-order chi connectivity index (χ1) is 9.65. The van der Waals surface area contributed by atoms with Crippen LogP contribution in [0.3, 0.4) is 0 Å². The van der Waals surface area contributed by atoms with Crippen LogP contribution < -0.4 is 0 Å². The Bertz CT molecular complexity index is 666. The predicted octanol–water partition coefficient (Wildman–Crippen LogP) is 4.47. The van der Waals surface area contributed by atoms with Gasteiger partial charge in [-0.15, -0.1) is 0 Å². The van der Waals surface area contributed by atoms with Gasteiger partial charge in [0.1, 0.15) is 5.82 Å². The van der Waals surface area contributed by atoms with Gasteiger partial charge in [-0.25, -0.2) is 4.39 Å². The molecule has 0 radical (unpaired) electrons. The molecule has 0 fully saturated rings. The Kier molecular flexibility index (Phi) is 3.58. The normalized spacial score (nSPS) is 17.9. The Hall–Kier alpha value is -1.67. The molecule has 1 aliphatic carbocycles. The maximum atomic E-state index is 13.3. The first-order valence-electron chi connectivity index (χ1n) is 6.71. The summed E-state index contributed by atoms with van der Waals surface area (Å²) in [6.07, 6.45) is 2.19. The average Bonchev–Trinajstić information content (AvgIpc) is 2.46. The summed E-state index contributed by atoms with van der Waals surface area (Å²) >= 11 is 6.09. The second-order valence-corrected chi connectivity index (χ2v) is 5.60. The standard InChI is InChI=1S/C17H14ClFO/c18-16-8-7-14(19)10-13(16)9-12-6-5-11-3-1-2-4-15(11)17(12)20/h1-4,7-8,10,12H,5-6,9H2. The Morgan fingerprint density at radius 3 is 2.85 bits per heavy atom. The van der Waals surface area contributed by atoms with Crippen molar-refractivity contribution < 1.29 is 9.18 Å². The number of aryl methyl sites for hydroxylation is 1. The van der Waals surface area contributed by atoms with Gasteiger partial charge in [-0.1, -0.05) is 35.9 Å². The Labute approximate surface area is 122 Å². The number of carbonyl (C=O) groups is 1. The van der Waals surface area contributed by atoms with E-state index in [1.807, 2.05) is 24.3 Å². The summed E-state index contributed by atoms with van der Waals surface area (Å²) in [6, 6.07) is 12.0. The highest BCUT2D eigenvalue weighted by Gasteiger charge is 2.27. The molecule has 0 heterocycles. The predicted molar refractivity (Wildman–Crippen MR) is 77.7 cm³/mol. The van der Waals surface area contributed by atoms with Crippen molar-refractivity contribution in [1.29, 1.82) is 0 Å². The minimum absolute atomic E-state index is 0.107. The summed E-state index contributed by atoms with van der Waals surface area (Å²) in [5, 5.41) is 0.526. The lowest BCUT2D eigenvalue weighted by molar-refractivity contribution is 0.0901. The molecule has 0 saturated carbocycles. The van der Waals surface area contributed by atoms with Crippen molar-refractivity contribution in [3.8, 4) is 0 Å². The Morgan fingerprint density at radius 1 is 1.20 bits per heavy atom. The van der Waals surface area contributed by atoms with Crippen molar-refractivity contribution in [2.24, 2.45) is 5.92 Å². The third kappa shape index (κ3) is 2.48. The molecular formula is C17H14ClFO. The van der Waals surface area contributed by atoms with E-state index in [4.69, 9.17) is 11.6 Å². The first kappa shape index (κ1) is 13.3. The van der Waals surface area contributed by atoms with E-state index in [1.165, 1.54) is 12.1 Å². The topological polar surface area (TPSA) is 17.1 Å². The summed E-state index contributed by atoms with van der Waals surface area (Å²) in [4.78, 5) is 12.5.